The molecule has 1 aliphatic heterocycles. The second kappa shape index (κ2) is 6.40. The third-order valence-corrected chi connectivity index (χ3v) is 4.44. The molecular formula is C13H16FNO5S. The highest BCUT2D eigenvalue weighted by Crippen LogP contribution is 2.21. The largest absolute Gasteiger partial charge is 0.465 e. The SMILES string of the molecule is O=C(O)N1CC[C@H](OS(=O)(=O)Cc2ccccc2)[C@H](F)C1. The maximum atomic E-state index is 13.8. The van der Waals surface area contributed by atoms with E-state index in [0.717, 1.165) is 4.90 Å². The summed E-state index contributed by atoms with van der Waals surface area (Å²) in [4.78, 5) is 11.6. The summed E-state index contributed by atoms with van der Waals surface area (Å²) in [6, 6.07) is 8.44. The Kier molecular flexibility index (Phi) is 4.79. The molecule has 1 amide bonds. The number of carbonyl (C=O) groups is 1. The molecule has 116 valence electrons. The first-order valence-corrected chi connectivity index (χ1v) is 8.02. The van der Waals surface area contributed by atoms with Crippen molar-refractivity contribution in [3.05, 3.63) is 35.9 Å². The average molecular weight is 317 g/mol. The van der Waals surface area contributed by atoms with Gasteiger partial charge >= 0.3 is 6.09 Å². The fourth-order valence-electron chi connectivity index (χ4n) is 2.17. The molecule has 0 aromatic heterocycles. The Morgan fingerprint density at radius 2 is 2.05 bits per heavy atom. The highest BCUT2D eigenvalue weighted by Gasteiger charge is 2.35. The number of piperidine rings is 1. The third-order valence-electron chi connectivity index (χ3n) is 3.21. The maximum absolute atomic E-state index is 13.8. The number of nitrogens with zero attached hydrogens (tertiary/aromatic N) is 1. The molecule has 1 aromatic rings. The van der Waals surface area contributed by atoms with Crippen molar-refractivity contribution in [3.8, 4) is 0 Å². The topological polar surface area (TPSA) is 83.9 Å². The lowest BCUT2D eigenvalue weighted by Gasteiger charge is -2.32. The van der Waals surface area contributed by atoms with Gasteiger partial charge < -0.3 is 10.0 Å². The molecule has 8 heteroatoms. The fraction of sp³-hybridized carbons (Fsp3) is 0.462. The van der Waals surface area contributed by atoms with Crippen LogP contribution in [0.2, 0.25) is 0 Å². The summed E-state index contributed by atoms with van der Waals surface area (Å²) in [5.74, 6) is -0.334. The van der Waals surface area contributed by atoms with Crippen molar-refractivity contribution >= 4 is 16.2 Å². The summed E-state index contributed by atoms with van der Waals surface area (Å²) in [6.45, 7) is -0.317. The summed E-state index contributed by atoms with van der Waals surface area (Å²) in [7, 11) is -3.91. The van der Waals surface area contributed by atoms with Crippen LogP contribution in [0.3, 0.4) is 0 Å². The van der Waals surface area contributed by atoms with E-state index in [1.165, 1.54) is 0 Å². The van der Waals surface area contributed by atoms with Gasteiger partial charge in [0.25, 0.3) is 10.1 Å². The van der Waals surface area contributed by atoms with E-state index in [2.05, 4.69) is 0 Å². The van der Waals surface area contributed by atoms with Crippen LogP contribution in [0.1, 0.15) is 12.0 Å². The second-order valence-electron chi connectivity index (χ2n) is 4.86. The summed E-state index contributed by atoms with van der Waals surface area (Å²) in [5.41, 5.74) is 0.552. The zero-order valence-electron chi connectivity index (χ0n) is 11.2. The van der Waals surface area contributed by atoms with Crippen molar-refractivity contribution in [1.82, 2.24) is 4.90 Å². The number of rotatable bonds is 4. The van der Waals surface area contributed by atoms with Crippen LogP contribution in [0.25, 0.3) is 0 Å². The first kappa shape index (κ1) is 15.7. The Labute approximate surface area is 122 Å². The van der Waals surface area contributed by atoms with Crippen molar-refractivity contribution < 1.29 is 26.9 Å². The van der Waals surface area contributed by atoms with E-state index >= 15 is 0 Å². The molecule has 1 heterocycles. The molecule has 1 aliphatic rings. The molecule has 2 atom stereocenters. The highest BCUT2D eigenvalue weighted by molar-refractivity contribution is 7.85. The molecule has 1 fully saturated rings. The molecule has 2 rings (SSSR count). The molecule has 0 bridgehead atoms. The Morgan fingerprint density at radius 3 is 2.62 bits per heavy atom. The molecule has 1 N–H and O–H groups in total. The van der Waals surface area contributed by atoms with Gasteiger partial charge in [-0.3, -0.25) is 4.18 Å². The minimum Gasteiger partial charge on any atom is -0.465 e. The Morgan fingerprint density at radius 1 is 1.38 bits per heavy atom. The number of carboxylic acid groups (broad SMARTS) is 1. The number of benzene rings is 1. The van der Waals surface area contributed by atoms with Crippen molar-refractivity contribution in [2.24, 2.45) is 0 Å². The summed E-state index contributed by atoms with van der Waals surface area (Å²) >= 11 is 0. The minimum absolute atomic E-state index is 0.0154. The van der Waals surface area contributed by atoms with Crippen LogP contribution in [-0.2, 0) is 20.1 Å². The van der Waals surface area contributed by atoms with Gasteiger partial charge in [0.05, 0.1) is 6.54 Å². The summed E-state index contributed by atoms with van der Waals surface area (Å²) in [6.07, 6.45) is -3.99. The Hall–Kier alpha value is -1.67. The van der Waals surface area contributed by atoms with E-state index in [4.69, 9.17) is 9.29 Å². The van der Waals surface area contributed by atoms with Crippen molar-refractivity contribution in [3.63, 3.8) is 0 Å². The molecule has 0 saturated carbocycles. The Bertz CT molecular complexity index is 592. The van der Waals surface area contributed by atoms with Crippen LogP contribution in [0.5, 0.6) is 0 Å². The molecule has 0 unspecified atom stereocenters. The monoisotopic (exact) mass is 317 g/mol. The number of halogens is 1. The van der Waals surface area contributed by atoms with Gasteiger partial charge in [0.2, 0.25) is 0 Å². The lowest BCUT2D eigenvalue weighted by Crippen LogP contribution is -2.48. The van der Waals surface area contributed by atoms with Gasteiger partial charge in [0.1, 0.15) is 18.0 Å². The summed E-state index contributed by atoms with van der Waals surface area (Å²) in [5, 5.41) is 8.77. The van der Waals surface area contributed by atoms with E-state index in [1.807, 2.05) is 0 Å². The van der Waals surface area contributed by atoms with Crippen LogP contribution >= 0.6 is 0 Å². The van der Waals surface area contributed by atoms with Crippen LogP contribution in [0.15, 0.2) is 30.3 Å². The molecule has 6 nitrogen and oxygen atoms in total. The van der Waals surface area contributed by atoms with Crippen molar-refractivity contribution in [2.75, 3.05) is 13.1 Å². The van der Waals surface area contributed by atoms with Gasteiger partial charge in [0.15, 0.2) is 0 Å². The van der Waals surface area contributed by atoms with Crippen molar-refractivity contribution in [2.45, 2.75) is 24.4 Å². The van der Waals surface area contributed by atoms with Crippen LogP contribution < -0.4 is 0 Å². The molecule has 21 heavy (non-hydrogen) atoms. The first-order chi connectivity index (χ1) is 9.87. The molecule has 0 radical (unpaired) electrons. The normalized spacial score (nSPS) is 23.0. The predicted molar refractivity (Wildman–Crippen MR) is 73.0 cm³/mol. The number of likely N-dealkylation sites (tertiary alicyclic amines) is 1. The predicted octanol–water partition coefficient (Wildman–Crippen LogP) is 1.62. The smallest absolute Gasteiger partial charge is 0.407 e. The van der Waals surface area contributed by atoms with E-state index in [9.17, 15) is 17.6 Å². The summed E-state index contributed by atoms with van der Waals surface area (Å²) < 4.78 is 42.6. The van der Waals surface area contributed by atoms with Gasteiger partial charge in [-0.1, -0.05) is 30.3 Å². The maximum Gasteiger partial charge on any atom is 0.407 e. The zero-order chi connectivity index (χ0) is 15.5. The van der Waals surface area contributed by atoms with Gasteiger partial charge in [-0.05, 0) is 12.0 Å². The highest BCUT2D eigenvalue weighted by atomic mass is 32.2. The Balaban J connectivity index is 1.96. The number of alkyl halides is 1. The quantitative estimate of drug-likeness (QED) is 0.853. The van der Waals surface area contributed by atoms with E-state index in [-0.39, 0.29) is 25.3 Å². The minimum atomic E-state index is -3.91. The number of amides is 1. The standard InChI is InChI=1S/C13H16FNO5S/c14-11-8-15(13(16)17)7-6-12(11)20-21(18,19)9-10-4-2-1-3-5-10/h1-5,11-12H,6-9H2,(H,16,17)/t11-,12+/m1/s1. The van der Waals surface area contributed by atoms with Gasteiger partial charge in [0, 0.05) is 6.54 Å². The second-order valence-corrected chi connectivity index (χ2v) is 6.45. The lowest BCUT2D eigenvalue weighted by atomic mass is 10.1. The zero-order valence-corrected chi connectivity index (χ0v) is 12.0. The van der Waals surface area contributed by atoms with E-state index < -0.39 is 28.5 Å². The van der Waals surface area contributed by atoms with E-state index in [1.54, 1.807) is 30.3 Å². The van der Waals surface area contributed by atoms with Gasteiger partial charge in [-0.25, -0.2) is 9.18 Å². The molecular weight excluding hydrogens is 301 g/mol. The first-order valence-electron chi connectivity index (χ1n) is 6.44. The average Bonchev–Trinajstić information content (AvgIpc) is 2.41. The number of hydrogen-bond donors (Lipinski definition) is 1. The number of hydrogen-bond acceptors (Lipinski definition) is 4. The van der Waals surface area contributed by atoms with E-state index in [0.29, 0.717) is 5.56 Å². The lowest BCUT2D eigenvalue weighted by molar-refractivity contribution is 0.0283. The van der Waals surface area contributed by atoms with Crippen LogP contribution in [0.4, 0.5) is 9.18 Å². The van der Waals surface area contributed by atoms with Gasteiger partial charge in [-0.2, -0.15) is 8.42 Å². The fourth-order valence-corrected chi connectivity index (χ4v) is 3.43. The molecule has 1 saturated heterocycles. The molecule has 0 aliphatic carbocycles. The van der Waals surface area contributed by atoms with Crippen molar-refractivity contribution in [1.29, 1.82) is 0 Å². The van der Waals surface area contributed by atoms with Crippen LogP contribution in [-0.4, -0.2) is 49.9 Å². The molecule has 1 aromatic carbocycles. The molecule has 0 spiro atoms. The van der Waals surface area contributed by atoms with Crippen LogP contribution in [0, 0.1) is 0 Å². The van der Waals surface area contributed by atoms with Gasteiger partial charge in [-0.15, -0.1) is 0 Å². The third kappa shape index (κ3) is 4.40.